The van der Waals surface area contributed by atoms with Crippen molar-refractivity contribution < 1.29 is 9.59 Å². The van der Waals surface area contributed by atoms with E-state index in [2.05, 4.69) is 5.32 Å². The lowest BCUT2D eigenvalue weighted by Crippen LogP contribution is -2.49. The highest BCUT2D eigenvalue weighted by atomic mass is 35.5. The second kappa shape index (κ2) is 7.75. The highest BCUT2D eigenvalue weighted by molar-refractivity contribution is 6.35. The van der Waals surface area contributed by atoms with E-state index >= 15 is 0 Å². The summed E-state index contributed by atoms with van der Waals surface area (Å²) < 4.78 is 0. The summed E-state index contributed by atoms with van der Waals surface area (Å²) in [5.74, 6) is -0.255. The molecule has 1 aromatic carbocycles. The number of nitrogens with zero attached hydrogens (tertiary/aromatic N) is 1. The van der Waals surface area contributed by atoms with Gasteiger partial charge in [-0.1, -0.05) is 42.5 Å². The Labute approximate surface area is 152 Å². The van der Waals surface area contributed by atoms with Crippen molar-refractivity contribution in [2.45, 2.75) is 57.0 Å². The third kappa shape index (κ3) is 3.86. The molecule has 1 N–H and O–H groups in total. The SMILES string of the molecule is O=C(NC1CCCCC1)[C@@H]1CCCN1C(=O)c1cc(Cl)ccc1Cl. The van der Waals surface area contributed by atoms with Gasteiger partial charge in [-0.3, -0.25) is 9.59 Å². The topological polar surface area (TPSA) is 49.4 Å². The molecule has 1 aromatic rings. The fourth-order valence-corrected chi connectivity index (χ4v) is 4.01. The van der Waals surface area contributed by atoms with Crippen LogP contribution in [0.4, 0.5) is 0 Å². The molecule has 130 valence electrons. The van der Waals surface area contributed by atoms with Crippen molar-refractivity contribution in [1.82, 2.24) is 10.2 Å². The van der Waals surface area contributed by atoms with E-state index in [0.29, 0.717) is 28.6 Å². The molecule has 2 amide bonds. The lowest BCUT2D eigenvalue weighted by Gasteiger charge is -2.28. The largest absolute Gasteiger partial charge is 0.352 e. The van der Waals surface area contributed by atoms with Gasteiger partial charge in [0.05, 0.1) is 10.6 Å². The molecule has 1 heterocycles. The minimum atomic E-state index is -0.408. The van der Waals surface area contributed by atoms with Crippen LogP contribution < -0.4 is 5.32 Å². The van der Waals surface area contributed by atoms with Gasteiger partial charge in [-0.15, -0.1) is 0 Å². The van der Waals surface area contributed by atoms with Gasteiger partial charge >= 0.3 is 0 Å². The molecule has 1 saturated carbocycles. The summed E-state index contributed by atoms with van der Waals surface area (Å²) in [5.41, 5.74) is 0.363. The minimum absolute atomic E-state index is 0.0362. The average molecular weight is 369 g/mol. The predicted octanol–water partition coefficient (Wildman–Crippen LogP) is 4.05. The molecule has 1 saturated heterocycles. The van der Waals surface area contributed by atoms with E-state index in [1.54, 1.807) is 23.1 Å². The van der Waals surface area contributed by atoms with E-state index in [9.17, 15) is 9.59 Å². The molecule has 4 nitrogen and oxygen atoms in total. The van der Waals surface area contributed by atoms with E-state index in [0.717, 1.165) is 32.1 Å². The smallest absolute Gasteiger partial charge is 0.256 e. The number of hydrogen-bond acceptors (Lipinski definition) is 2. The Morgan fingerprint density at radius 1 is 1.04 bits per heavy atom. The number of halogens is 2. The molecule has 24 heavy (non-hydrogen) atoms. The van der Waals surface area contributed by atoms with Crippen LogP contribution in [0.5, 0.6) is 0 Å². The number of hydrogen-bond donors (Lipinski definition) is 1. The molecule has 1 aliphatic heterocycles. The Balaban J connectivity index is 1.71. The quantitative estimate of drug-likeness (QED) is 0.874. The normalized spacial score (nSPS) is 21.8. The summed E-state index contributed by atoms with van der Waals surface area (Å²) in [4.78, 5) is 27.1. The van der Waals surface area contributed by atoms with E-state index in [1.165, 1.54) is 6.42 Å². The van der Waals surface area contributed by atoms with Crippen molar-refractivity contribution in [1.29, 1.82) is 0 Å². The highest BCUT2D eigenvalue weighted by Crippen LogP contribution is 2.27. The van der Waals surface area contributed by atoms with Gasteiger partial charge in [0, 0.05) is 17.6 Å². The predicted molar refractivity (Wildman–Crippen MR) is 95.5 cm³/mol. The van der Waals surface area contributed by atoms with Crippen LogP contribution >= 0.6 is 23.2 Å². The van der Waals surface area contributed by atoms with Gasteiger partial charge < -0.3 is 10.2 Å². The third-order valence-corrected chi connectivity index (χ3v) is 5.49. The average Bonchev–Trinajstić information content (AvgIpc) is 3.07. The molecule has 2 aliphatic rings. The Bertz CT molecular complexity index is 629. The zero-order chi connectivity index (χ0) is 17.1. The van der Waals surface area contributed by atoms with Crippen LogP contribution in [0.15, 0.2) is 18.2 Å². The van der Waals surface area contributed by atoms with Gasteiger partial charge in [0.2, 0.25) is 5.91 Å². The van der Waals surface area contributed by atoms with Crippen molar-refractivity contribution in [2.24, 2.45) is 0 Å². The van der Waals surface area contributed by atoms with Crippen LogP contribution in [0, 0.1) is 0 Å². The van der Waals surface area contributed by atoms with Crippen LogP contribution in [0.25, 0.3) is 0 Å². The number of benzene rings is 1. The Morgan fingerprint density at radius 3 is 2.54 bits per heavy atom. The Morgan fingerprint density at radius 2 is 1.79 bits per heavy atom. The number of rotatable bonds is 3. The summed E-state index contributed by atoms with van der Waals surface area (Å²) >= 11 is 12.1. The first-order valence-electron chi connectivity index (χ1n) is 8.62. The molecule has 0 aromatic heterocycles. The molecule has 3 rings (SSSR count). The fraction of sp³-hybridized carbons (Fsp3) is 0.556. The van der Waals surface area contributed by atoms with Gasteiger partial charge in [-0.25, -0.2) is 0 Å². The zero-order valence-corrected chi connectivity index (χ0v) is 15.1. The van der Waals surface area contributed by atoms with Gasteiger partial charge in [0.1, 0.15) is 6.04 Å². The molecular formula is C18H22Cl2N2O2. The molecule has 0 spiro atoms. The Kier molecular flexibility index (Phi) is 5.67. The molecule has 6 heteroatoms. The summed E-state index contributed by atoms with van der Waals surface area (Å²) in [5, 5.41) is 3.96. The van der Waals surface area contributed by atoms with E-state index in [4.69, 9.17) is 23.2 Å². The standard InChI is InChI=1S/C18H22Cl2N2O2/c19-12-8-9-15(20)14(11-12)18(24)22-10-4-7-16(22)17(23)21-13-5-2-1-3-6-13/h8-9,11,13,16H,1-7,10H2,(H,21,23)/t16-/m0/s1. The maximum Gasteiger partial charge on any atom is 0.256 e. The second-order valence-corrected chi connectivity index (χ2v) is 7.47. The summed E-state index contributed by atoms with van der Waals surface area (Å²) in [6, 6.07) is 4.68. The van der Waals surface area contributed by atoms with Crippen molar-refractivity contribution >= 4 is 35.0 Å². The second-order valence-electron chi connectivity index (χ2n) is 6.62. The Hall–Kier alpha value is -1.26. The molecule has 0 bridgehead atoms. The first-order chi connectivity index (χ1) is 11.6. The van der Waals surface area contributed by atoms with Gasteiger partial charge in [0.15, 0.2) is 0 Å². The third-order valence-electron chi connectivity index (χ3n) is 4.93. The summed E-state index contributed by atoms with van der Waals surface area (Å²) in [6.45, 7) is 0.574. The molecule has 2 fully saturated rings. The van der Waals surface area contributed by atoms with Gasteiger partial charge in [0.25, 0.3) is 5.91 Å². The van der Waals surface area contributed by atoms with E-state index in [1.807, 2.05) is 0 Å². The number of amides is 2. The van der Waals surface area contributed by atoms with Crippen molar-refractivity contribution in [3.05, 3.63) is 33.8 Å². The maximum absolute atomic E-state index is 12.8. The molecular weight excluding hydrogens is 347 g/mol. The van der Waals surface area contributed by atoms with Crippen molar-refractivity contribution in [2.75, 3.05) is 6.54 Å². The highest BCUT2D eigenvalue weighted by Gasteiger charge is 2.36. The summed E-state index contributed by atoms with van der Waals surface area (Å²) in [6.07, 6.45) is 7.16. The lowest BCUT2D eigenvalue weighted by atomic mass is 9.95. The van der Waals surface area contributed by atoms with Crippen LogP contribution in [-0.4, -0.2) is 35.3 Å². The number of likely N-dealkylation sites (tertiary alicyclic amines) is 1. The molecule has 1 atom stereocenters. The number of carbonyl (C=O) groups excluding carboxylic acids is 2. The lowest BCUT2D eigenvalue weighted by molar-refractivity contribution is -0.125. The van der Waals surface area contributed by atoms with Crippen molar-refractivity contribution in [3.63, 3.8) is 0 Å². The maximum atomic E-state index is 12.8. The van der Waals surface area contributed by atoms with Crippen LogP contribution in [0.3, 0.4) is 0 Å². The minimum Gasteiger partial charge on any atom is -0.352 e. The summed E-state index contributed by atoms with van der Waals surface area (Å²) in [7, 11) is 0. The fourth-order valence-electron chi connectivity index (χ4n) is 3.64. The molecule has 0 radical (unpaired) electrons. The van der Waals surface area contributed by atoms with Gasteiger partial charge in [-0.2, -0.15) is 0 Å². The monoisotopic (exact) mass is 368 g/mol. The van der Waals surface area contributed by atoms with E-state index < -0.39 is 6.04 Å². The zero-order valence-electron chi connectivity index (χ0n) is 13.6. The number of nitrogens with one attached hydrogen (secondary N) is 1. The van der Waals surface area contributed by atoms with E-state index in [-0.39, 0.29) is 17.9 Å². The van der Waals surface area contributed by atoms with Crippen molar-refractivity contribution in [3.8, 4) is 0 Å². The molecule has 1 aliphatic carbocycles. The van der Waals surface area contributed by atoms with Gasteiger partial charge in [-0.05, 0) is 43.9 Å². The van der Waals surface area contributed by atoms with Crippen LogP contribution in [0.2, 0.25) is 10.0 Å². The first-order valence-corrected chi connectivity index (χ1v) is 9.38. The van der Waals surface area contributed by atoms with Crippen LogP contribution in [-0.2, 0) is 4.79 Å². The number of carbonyl (C=O) groups is 2. The van der Waals surface area contributed by atoms with Crippen LogP contribution in [0.1, 0.15) is 55.3 Å². The molecule has 0 unspecified atom stereocenters. The first kappa shape index (κ1) is 17.6.